The van der Waals surface area contributed by atoms with Gasteiger partial charge in [-0.25, -0.2) is 5.01 Å². The van der Waals surface area contributed by atoms with E-state index in [1.165, 1.54) is 18.4 Å². The minimum absolute atomic E-state index is 0.377. The van der Waals surface area contributed by atoms with E-state index >= 15 is 0 Å². The molecule has 1 atom stereocenters. The summed E-state index contributed by atoms with van der Waals surface area (Å²) in [5.41, 5.74) is 1.24. The molecule has 4 nitrogen and oxygen atoms in total. The number of piperidine rings is 1. The van der Waals surface area contributed by atoms with Crippen molar-refractivity contribution in [1.29, 1.82) is 0 Å². The average Bonchev–Trinajstić information content (AvgIpc) is 2.53. The first kappa shape index (κ1) is 8.72. The second-order valence-corrected chi connectivity index (χ2v) is 3.70. The van der Waals surface area contributed by atoms with Gasteiger partial charge in [0, 0.05) is 25.4 Å². The summed E-state index contributed by atoms with van der Waals surface area (Å²) in [5, 5.41) is 6.09. The summed E-state index contributed by atoms with van der Waals surface area (Å²) in [7, 11) is 1.94. The van der Waals surface area contributed by atoms with Crippen LogP contribution in [0.25, 0.3) is 0 Å². The Kier molecular flexibility index (Phi) is 2.33. The monoisotopic (exact) mass is 180 g/mol. The summed E-state index contributed by atoms with van der Waals surface area (Å²) >= 11 is 0. The summed E-state index contributed by atoms with van der Waals surface area (Å²) in [6, 6.07) is 0.377. The van der Waals surface area contributed by atoms with E-state index in [0.29, 0.717) is 6.04 Å². The molecule has 2 rings (SSSR count). The van der Waals surface area contributed by atoms with Gasteiger partial charge in [0.1, 0.15) is 0 Å². The zero-order valence-corrected chi connectivity index (χ0v) is 7.98. The number of hydrogen-bond acceptors (Lipinski definition) is 3. The van der Waals surface area contributed by atoms with E-state index in [2.05, 4.69) is 11.3 Å². The molecule has 0 amide bonds. The van der Waals surface area contributed by atoms with Crippen molar-refractivity contribution in [3.8, 4) is 0 Å². The van der Waals surface area contributed by atoms with Crippen LogP contribution in [-0.4, -0.2) is 21.3 Å². The van der Waals surface area contributed by atoms with E-state index in [0.717, 1.165) is 13.0 Å². The Morgan fingerprint density at radius 2 is 2.38 bits per heavy atom. The van der Waals surface area contributed by atoms with Crippen LogP contribution in [0.5, 0.6) is 0 Å². The SMILES string of the molecule is Cn1cc(C2CCCCN2N)cn1. The molecule has 1 aromatic rings. The van der Waals surface area contributed by atoms with Gasteiger partial charge in [-0.15, -0.1) is 0 Å². The average molecular weight is 180 g/mol. The Morgan fingerprint density at radius 1 is 1.54 bits per heavy atom. The van der Waals surface area contributed by atoms with Gasteiger partial charge < -0.3 is 0 Å². The molecule has 2 heterocycles. The van der Waals surface area contributed by atoms with Gasteiger partial charge in [0.25, 0.3) is 0 Å². The van der Waals surface area contributed by atoms with Crippen molar-refractivity contribution in [3.05, 3.63) is 18.0 Å². The molecule has 0 radical (unpaired) electrons. The molecular weight excluding hydrogens is 164 g/mol. The van der Waals surface area contributed by atoms with E-state index in [4.69, 9.17) is 5.84 Å². The third-order valence-corrected chi connectivity index (χ3v) is 2.65. The first-order chi connectivity index (χ1) is 6.27. The van der Waals surface area contributed by atoms with E-state index in [1.807, 2.05) is 22.9 Å². The molecule has 2 N–H and O–H groups in total. The van der Waals surface area contributed by atoms with Gasteiger partial charge >= 0.3 is 0 Å². The standard InChI is InChI=1S/C9H16N4/c1-12-7-8(6-11-12)9-4-2-3-5-13(9)10/h6-7,9H,2-5,10H2,1H3. The quantitative estimate of drug-likeness (QED) is 0.651. The maximum atomic E-state index is 5.92. The van der Waals surface area contributed by atoms with Gasteiger partial charge in [-0.2, -0.15) is 5.10 Å². The molecule has 1 saturated heterocycles. The molecule has 0 bridgehead atoms. The molecule has 1 fully saturated rings. The van der Waals surface area contributed by atoms with Crippen LogP contribution in [0.15, 0.2) is 12.4 Å². The predicted molar refractivity (Wildman–Crippen MR) is 50.7 cm³/mol. The Hall–Kier alpha value is -0.870. The van der Waals surface area contributed by atoms with Crippen LogP contribution in [0.1, 0.15) is 30.9 Å². The molecule has 0 aromatic carbocycles. The fraction of sp³-hybridized carbons (Fsp3) is 0.667. The highest BCUT2D eigenvalue weighted by atomic mass is 15.4. The molecular formula is C9H16N4. The lowest BCUT2D eigenvalue weighted by Gasteiger charge is -2.30. The molecule has 1 aliphatic rings. The van der Waals surface area contributed by atoms with E-state index in [1.54, 1.807) is 0 Å². The summed E-state index contributed by atoms with van der Waals surface area (Å²) in [5.74, 6) is 5.92. The van der Waals surface area contributed by atoms with Crippen LogP contribution in [0, 0.1) is 0 Å². The number of aryl methyl sites for hydroxylation is 1. The van der Waals surface area contributed by atoms with Gasteiger partial charge in [0.2, 0.25) is 0 Å². The molecule has 0 saturated carbocycles. The second-order valence-electron chi connectivity index (χ2n) is 3.70. The van der Waals surface area contributed by atoms with E-state index in [9.17, 15) is 0 Å². The van der Waals surface area contributed by atoms with Crippen molar-refractivity contribution in [2.24, 2.45) is 12.9 Å². The lowest BCUT2D eigenvalue weighted by Crippen LogP contribution is -2.38. The summed E-state index contributed by atoms with van der Waals surface area (Å²) in [6.07, 6.45) is 7.61. The van der Waals surface area contributed by atoms with Gasteiger partial charge in [-0.05, 0) is 12.8 Å². The van der Waals surface area contributed by atoms with Crippen LogP contribution in [-0.2, 0) is 7.05 Å². The highest BCUT2D eigenvalue weighted by Crippen LogP contribution is 2.27. The van der Waals surface area contributed by atoms with Crippen molar-refractivity contribution in [1.82, 2.24) is 14.8 Å². The third kappa shape index (κ3) is 1.73. The highest BCUT2D eigenvalue weighted by molar-refractivity contribution is 5.10. The molecule has 1 aromatic heterocycles. The van der Waals surface area contributed by atoms with Crippen molar-refractivity contribution >= 4 is 0 Å². The zero-order valence-electron chi connectivity index (χ0n) is 7.98. The van der Waals surface area contributed by atoms with Crippen molar-refractivity contribution < 1.29 is 0 Å². The minimum Gasteiger partial charge on any atom is -0.275 e. The van der Waals surface area contributed by atoms with E-state index < -0.39 is 0 Å². The van der Waals surface area contributed by atoms with Crippen LogP contribution in [0.3, 0.4) is 0 Å². The minimum atomic E-state index is 0.377. The Morgan fingerprint density at radius 3 is 3.00 bits per heavy atom. The topological polar surface area (TPSA) is 47.1 Å². The maximum absolute atomic E-state index is 5.92. The number of hydrogen-bond donors (Lipinski definition) is 1. The summed E-state index contributed by atoms with van der Waals surface area (Å²) in [6.45, 7) is 1.000. The molecule has 1 unspecified atom stereocenters. The third-order valence-electron chi connectivity index (χ3n) is 2.65. The first-order valence-electron chi connectivity index (χ1n) is 4.77. The maximum Gasteiger partial charge on any atom is 0.0538 e. The predicted octanol–water partition coefficient (Wildman–Crippen LogP) is 0.821. The number of aromatic nitrogens is 2. The fourth-order valence-electron chi connectivity index (χ4n) is 1.92. The largest absolute Gasteiger partial charge is 0.275 e. The number of rotatable bonds is 1. The highest BCUT2D eigenvalue weighted by Gasteiger charge is 2.21. The smallest absolute Gasteiger partial charge is 0.0538 e. The van der Waals surface area contributed by atoms with E-state index in [-0.39, 0.29) is 0 Å². The number of nitrogens with zero attached hydrogens (tertiary/aromatic N) is 3. The van der Waals surface area contributed by atoms with Crippen molar-refractivity contribution in [3.63, 3.8) is 0 Å². The van der Waals surface area contributed by atoms with Crippen LogP contribution in [0.2, 0.25) is 0 Å². The Bertz CT molecular complexity index is 281. The molecule has 13 heavy (non-hydrogen) atoms. The molecule has 72 valence electrons. The number of nitrogens with two attached hydrogens (primary N) is 1. The van der Waals surface area contributed by atoms with Gasteiger partial charge in [-0.3, -0.25) is 10.5 Å². The summed E-state index contributed by atoms with van der Waals surface area (Å²) < 4.78 is 1.83. The molecule has 0 aliphatic carbocycles. The number of hydrazine groups is 1. The Balaban J connectivity index is 2.14. The van der Waals surface area contributed by atoms with Crippen LogP contribution >= 0.6 is 0 Å². The zero-order chi connectivity index (χ0) is 9.26. The molecule has 0 spiro atoms. The van der Waals surface area contributed by atoms with Gasteiger partial charge in [-0.1, -0.05) is 6.42 Å². The first-order valence-corrected chi connectivity index (χ1v) is 4.77. The van der Waals surface area contributed by atoms with Crippen molar-refractivity contribution in [2.45, 2.75) is 25.3 Å². The Labute approximate surface area is 78.3 Å². The lowest BCUT2D eigenvalue weighted by atomic mass is 9.99. The molecule has 1 aliphatic heterocycles. The van der Waals surface area contributed by atoms with Crippen LogP contribution in [0.4, 0.5) is 0 Å². The summed E-state index contributed by atoms with van der Waals surface area (Å²) in [4.78, 5) is 0. The molecule has 4 heteroatoms. The normalized spacial score (nSPS) is 24.9. The van der Waals surface area contributed by atoms with Gasteiger partial charge in [0.05, 0.1) is 12.2 Å². The lowest BCUT2D eigenvalue weighted by molar-refractivity contribution is 0.151. The fourth-order valence-corrected chi connectivity index (χ4v) is 1.92. The van der Waals surface area contributed by atoms with Crippen molar-refractivity contribution in [2.75, 3.05) is 6.54 Å². The van der Waals surface area contributed by atoms with Crippen LogP contribution < -0.4 is 5.84 Å². The van der Waals surface area contributed by atoms with Gasteiger partial charge in [0.15, 0.2) is 0 Å². The second kappa shape index (κ2) is 3.47.